The van der Waals surface area contributed by atoms with Crippen molar-refractivity contribution in [1.82, 2.24) is 15.0 Å². The van der Waals surface area contributed by atoms with Gasteiger partial charge in [0.2, 0.25) is 9.84 Å². The predicted octanol–water partition coefficient (Wildman–Crippen LogP) is 11.2. The normalized spacial score (nSPS) is 15.9. The molecule has 264 valence electrons. The number of sulfone groups is 1. The van der Waals surface area contributed by atoms with E-state index in [1.54, 1.807) is 12.3 Å². The van der Waals surface area contributed by atoms with E-state index in [1.807, 2.05) is 91.1 Å². The highest BCUT2D eigenvalue weighted by Crippen LogP contribution is 2.60. The molecule has 3 heterocycles. The molecule has 7 aromatic carbocycles. The summed E-state index contributed by atoms with van der Waals surface area (Å²) in [5.74, 6) is 0.560. The Bertz CT molecular complexity index is 3110. The minimum absolute atomic E-state index is 0.308. The summed E-state index contributed by atoms with van der Waals surface area (Å²) in [6.45, 7) is 0. The smallest absolute Gasteiger partial charge is 0.207 e. The van der Waals surface area contributed by atoms with Gasteiger partial charge in [-0.05, 0) is 80.2 Å². The van der Waals surface area contributed by atoms with Gasteiger partial charge in [0.05, 0.1) is 26.6 Å². The minimum Gasteiger partial charge on any atom is -0.264 e. The summed E-state index contributed by atoms with van der Waals surface area (Å²) in [7, 11) is -3.95. The van der Waals surface area contributed by atoms with Crippen molar-refractivity contribution >= 4 is 20.6 Å². The Hall–Kier alpha value is -7.02. The lowest BCUT2D eigenvalue weighted by Gasteiger charge is -2.43. The van der Waals surface area contributed by atoms with Crippen LogP contribution in [-0.2, 0) is 15.3 Å². The molecule has 2 aromatic heterocycles. The van der Waals surface area contributed by atoms with Gasteiger partial charge in [-0.3, -0.25) is 4.98 Å². The molecule has 1 unspecified atom stereocenters. The number of nitrogens with zero attached hydrogens (tertiary/aromatic N) is 3. The summed E-state index contributed by atoms with van der Waals surface area (Å²) < 4.78 is 30.1. The van der Waals surface area contributed by atoms with Crippen molar-refractivity contribution in [3.05, 3.63) is 211 Å². The van der Waals surface area contributed by atoms with Crippen molar-refractivity contribution in [3.63, 3.8) is 0 Å². The Kier molecular flexibility index (Phi) is 7.09. The van der Waals surface area contributed by atoms with Crippen LogP contribution in [-0.4, -0.2) is 23.4 Å². The Morgan fingerprint density at radius 2 is 1.09 bits per heavy atom. The average molecular weight is 738 g/mol. The van der Waals surface area contributed by atoms with E-state index in [2.05, 4.69) is 89.9 Å². The van der Waals surface area contributed by atoms with Gasteiger partial charge in [-0.25, -0.2) is 18.4 Å². The third kappa shape index (κ3) is 4.60. The van der Waals surface area contributed by atoms with Gasteiger partial charge in [-0.1, -0.05) is 146 Å². The van der Waals surface area contributed by atoms with Crippen molar-refractivity contribution in [2.24, 2.45) is 0 Å². The molecule has 9 aromatic rings. The van der Waals surface area contributed by atoms with Gasteiger partial charge >= 0.3 is 0 Å². The van der Waals surface area contributed by atoms with Crippen LogP contribution in [0.5, 0.6) is 0 Å². The van der Waals surface area contributed by atoms with Crippen LogP contribution in [0.1, 0.15) is 22.3 Å². The zero-order valence-corrected chi connectivity index (χ0v) is 30.8. The largest absolute Gasteiger partial charge is 0.264 e. The standard InChI is InChI=1S/C50H31N3O2S/c54-56(55)47-23-11-10-22-42(47)50(43-27-25-32-13-4-5-17-36(32)48(43)56)41-21-9-8-20-39(41)37-18-6-7-19-38(37)40-26-24-34(29-44(40)50)49-52-45(33-14-2-1-3-15-33)30-46(53-49)35-16-12-28-51-31-35/h1-31H. The van der Waals surface area contributed by atoms with E-state index in [9.17, 15) is 0 Å². The molecule has 2 aliphatic rings. The molecule has 1 aliphatic heterocycles. The van der Waals surface area contributed by atoms with Gasteiger partial charge < -0.3 is 0 Å². The molecule has 0 saturated carbocycles. The molecule has 0 radical (unpaired) electrons. The highest BCUT2D eigenvalue weighted by Gasteiger charge is 2.52. The molecule has 0 amide bonds. The number of fused-ring (bicyclic) bond motifs is 13. The highest BCUT2D eigenvalue weighted by atomic mass is 32.2. The topological polar surface area (TPSA) is 72.8 Å². The maximum absolute atomic E-state index is 15.1. The fourth-order valence-electron chi connectivity index (χ4n) is 9.04. The Balaban J connectivity index is 1.31. The monoisotopic (exact) mass is 737 g/mol. The lowest BCUT2D eigenvalue weighted by atomic mass is 9.62. The summed E-state index contributed by atoms with van der Waals surface area (Å²) in [5, 5.41) is 1.58. The first kappa shape index (κ1) is 32.4. The predicted molar refractivity (Wildman–Crippen MR) is 222 cm³/mol. The molecular weight excluding hydrogens is 707 g/mol. The second-order valence-corrected chi connectivity index (χ2v) is 16.2. The van der Waals surface area contributed by atoms with Crippen LogP contribution in [0.4, 0.5) is 0 Å². The molecule has 1 aliphatic carbocycles. The number of hydrogen-bond acceptors (Lipinski definition) is 5. The zero-order valence-electron chi connectivity index (χ0n) is 30.0. The molecular formula is C50H31N3O2S. The Morgan fingerprint density at radius 3 is 1.88 bits per heavy atom. The van der Waals surface area contributed by atoms with Crippen molar-refractivity contribution in [2.45, 2.75) is 15.2 Å². The van der Waals surface area contributed by atoms with Gasteiger partial charge in [-0.15, -0.1) is 0 Å². The van der Waals surface area contributed by atoms with E-state index in [0.717, 1.165) is 78.0 Å². The van der Waals surface area contributed by atoms with E-state index in [1.165, 1.54) is 0 Å². The summed E-state index contributed by atoms with van der Waals surface area (Å²) in [6.07, 6.45) is 3.58. The molecule has 11 rings (SSSR count). The second kappa shape index (κ2) is 12.2. The molecule has 1 spiro atoms. The van der Waals surface area contributed by atoms with Crippen LogP contribution in [0, 0.1) is 0 Å². The summed E-state index contributed by atoms with van der Waals surface area (Å²) >= 11 is 0. The molecule has 0 fully saturated rings. The fourth-order valence-corrected chi connectivity index (χ4v) is 11.0. The first-order valence-corrected chi connectivity index (χ1v) is 20.1. The van der Waals surface area contributed by atoms with E-state index in [0.29, 0.717) is 21.0 Å². The fraction of sp³-hybridized carbons (Fsp3) is 0.0200. The van der Waals surface area contributed by atoms with Crippen LogP contribution >= 0.6 is 0 Å². The molecule has 0 bridgehead atoms. The summed E-state index contributed by atoms with van der Waals surface area (Å²) in [6, 6.07) is 59.0. The first-order valence-electron chi connectivity index (χ1n) is 18.6. The van der Waals surface area contributed by atoms with Crippen LogP contribution in [0.15, 0.2) is 198 Å². The van der Waals surface area contributed by atoms with Crippen LogP contribution in [0.3, 0.4) is 0 Å². The van der Waals surface area contributed by atoms with Crippen molar-refractivity contribution in [1.29, 1.82) is 0 Å². The zero-order chi connectivity index (χ0) is 37.4. The van der Waals surface area contributed by atoms with Crippen molar-refractivity contribution < 1.29 is 8.42 Å². The van der Waals surface area contributed by atoms with Crippen LogP contribution < -0.4 is 0 Å². The SMILES string of the molecule is O=S1(=O)c2ccccc2C2(c3ccccc3-c3ccccc3-c3ccc(-c4nc(-c5ccccc5)cc(-c5cccnc5)n4)cc32)c2ccc3ccccc3c21. The highest BCUT2D eigenvalue weighted by molar-refractivity contribution is 7.92. The van der Waals surface area contributed by atoms with E-state index >= 15 is 8.42 Å². The average Bonchev–Trinajstić information content (AvgIpc) is 3.37. The minimum atomic E-state index is -3.95. The van der Waals surface area contributed by atoms with Crippen molar-refractivity contribution in [2.75, 3.05) is 0 Å². The third-order valence-corrected chi connectivity index (χ3v) is 13.3. The molecule has 5 nitrogen and oxygen atoms in total. The third-order valence-electron chi connectivity index (χ3n) is 11.4. The number of benzene rings is 7. The van der Waals surface area contributed by atoms with Crippen LogP contribution in [0.25, 0.3) is 66.9 Å². The van der Waals surface area contributed by atoms with Gasteiger partial charge in [0.1, 0.15) is 0 Å². The van der Waals surface area contributed by atoms with Gasteiger partial charge in [0.25, 0.3) is 0 Å². The van der Waals surface area contributed by atoms with Gasteiger partial charge in [0, 0.05) is 34.5 Å². The number of rotatable bonds is 3. The lowest BCUT2D eigenvalue weighted by molar-refractivity contribution is 0.581. The van der Waals surface area contributed by atoms with Crippen molar-refractivity contribution in [3.8, 4) is 56.2 Å². The van der Waals surface area contributed by atoms with E-state index in [4.69, 9.17) is 9.97 Å². The second-order valence-electron chi connectivity index (χ2n) is 14.3. The quantitative estimate of drug-likeness (QED) is 0.180. The molecule has 6 heteroatoms. The van der Waals surface area contributed by atoms with Gasteiger partial charge in [0.15, 0.2) is 5.82 Å². The Labute approximate surface area is 324 Å². The summed E-state index contributed by atoms with van der Waals surface area (Å²) in [5.41, 5.74) is 10.8. The first-order chi connectivity index (χ1) is 27.5. The maximum atomic E-state index is 15.1. The number of hydrogen-bond donors (Lipinski definition) is 0. The van der Waals surface area contributed by atoms with Crippen LogP contribution in [0.2, 0.25) is 0 Å². The maximum Gasteiger partial charge on any atom is 0.207 e. The van der Waals surface area contributed by atoms with E-state index in [-0.39, 0.29) is 0 Å². The molecule has 0 N–H and O–H groups in total. The molecule has 56 heavy (non-hydrogen) atoms. The van der Waals surface area contributed by atoms with Gasteiger partial charge in [-0.2, -0.15) is 0 Å². The molecule has 1 atom stereocenters. The number of aromatic nitrogens is 3. The summed E-state index contributed by atoms with van der Waals surface area (Å²) in [4.78, 5) is 15.5. The van der Waals surface area contributed by atoms with E-state index < -0.39 is 15.3 Å². The Morgan fingerprint density at radius 1 is 0.446 bits per heavy atom. The number of pyridine rings is 1. The lowest BCUT2D eigenvalue weighted by Crippen LogP contribution is -2.38. The molecule has 0 saturated heterocycles.